The number of carbonyl (C=O) groups is 1. The van der Waals surface area contributed by atoms with Gasteiger partial charge in [-0.1, -0.05) is 42.5 Å². The van der Waals surface area contributed by atoms with Crippen molar-refractivity contribution in [2.45, 2.75) is 6.92 Å². The lowest BCUT2D eigenvalue weighted by molar-refractivity contribution is 0.101. The van der Waals surface area contributed by atoms with Crippen molar-refractivity contribution in [1.29, 1.82) is 0 Å². The minimum atomic E-state index is -0.245. The molecule has 0 amide bonds. The molecular formula is C16H13FO. The summed E-state index contributed by atoms with van der Waals surface area (Å²) in [5, 5.41) is 0. The molecule has 0 spiro atoms. The van der Waals surface area contributed by atoms with Crippen LogP contribution >= 0.6 is 0 Å². The molecule has 0 aliphatic rings. The Morgan fingerprint density at radius 2 is 1.67 bits per heavy atom. The molecule has 0 bridgehead atoms. The first kappa shape index (κ1) is 12.2. The number of hydrogen-bond acceptors (Lipinski definition) is 1. The Hall–Kier alpha value is -2.22. The van der Waals surface area contributed by atoms with E-state index in [0.29, 0.717) is 5.56 Å². The monoisotopic (exact) mass is 240 g/mol. The third-order valence-electron chi connectivity index (χ3n) is 2.63. The number of carbonyl (C=O) groups excluding carboxylic acids is 1. The van der Waals surface area contributed by atoms with E-state index in [1.165, 1.54) is 12.1 Å². The number of rotatable bonds is 3. The summed E-state index contributed by atoms with van der Waals surface area (Å²) >= 11 is 0. The fourth-order valence-electron chi connectivity index (χ4n) is 1.63. The van der Waals surface area contributed by atoms with Crippen LogP contribution in [0.4, 0.5) is 4.39 Å². The fourth-order valence-corrected chi connectivity index (χ4v) is 1.63. The molecule has 0 aromatic heterocycles. The number of benzene rings is 2. The largest absolute Gasteiger partial charge is 0.295 e. The Balaban J connectivity index is 2.20. The van der Waals surface area contributed by atoms with Gasteiger partial charge >= 0.3 is 0 Å². The van der Waals surface area contributed by atoms with Gasteiger partial charge in [0.05, 0.1) is 0 Å². The average Bonchev–Trinajstić information content (AvgIpc) is 2.38. The maximum atomic E-state index is 12.7. The summed E-state index contributed by atoms with van der Waals surface area (Å²) in [6.45, 7) is 1.54. The van der Waals surface area contributed by atoms with Crippen LogP contribution in [0.1, 0.15) is 28.4 Å². The van der Waals surface area contributed by atoms with Crippen LogP contribution in [-0.4, -0.2) is 5.78 Å². The summed E-state index contributed by atoms with van der Waals surface area (Å²) < 4.78 is 12.7. The lowest BCUT2D eigenvalue weighted by Crippen LogP contribution is -1.91. The van der Waals surface area contributed by atoms with E-state index in [4.69, 9.17) is 0 Å². The highest BCUT2D eigenvalue weighted by Crippen LogP contribution is 2.11. The van der Waals surface area contributed by atoms with Gasteiger partial charge in [0.15, 0.2) is 5.78 Å². The molecule has 18 heavy (non-hydrogen) atoms. The fraction of sp³-hybridized carbons (Fsp3) is 0.0625. The molecule has 2 rings (SSSR count). The minimum Gasteiger partial charge on any atom is -0.295 e. The van der Waals surface area contributed by atoms with Gasteiger partial charge in [-0.2, -0.15) is 0 Å². The van der Waals surface area contributed by atoms with Crippen LogP contribution in [0, 0.1) is 5.82 Å². The van der Waals surface area contributed by atoms with Gasteiger partial charge < -0.3 is 0 Å². The first-order valence-corrected chi connectivity index (χ1v) is 5.70. The average molecular weight is 240 g/mol. The lowest BCUT2D eigenvalue weighted by Gasteiger charge is -1.98. The molecule has 90 valence electrons. The SMILES string of the molecule is CC(=O)c1cccc(/C=C\c2ccc(F)cc2)c1. The predicted octanol–water partition coefficient (Wildman–Crippen LogP) is 4.20. The van der Waals surface area contributed by atoms with Crippen molar-refractivity contribution in [1.82, 2.24) is 0 Å². The third-order valence-corrected chi connectivity index (χ3v) is 2.63. The van der Waals surface area contributed by atoms with E-state index in [1.807, 2.05) is 30.4 Å². The number of hydrogen-bond donors (Lipinski definition) is 0. The van der Waals surface area contributed by atoms with E-state index in [1.54, 1.807) is 25.1 Å². The summed E-state index contributed by atoms with van der Waals surface area (Å²) in [5.41, 5.74) is 2.56. The van der Waals surface area contributed by atoms with Crippen molar-refractivity contribution in [2.75, 3.05) is 0 Å². The number of ketones is 1. The summed E-state index contributed by atoms with van der Waals surface area (Å²) in [7, 11) is 0. The molecule has 0 fully saturated rings. The quantitative estimate of drug-likeness (QED) is 0.580. The molecule has 0 N–H and O–H groups in total. The summed E-state index contributed by atoms with van der Waals surface area (Å²) in [6.07, 6.45) is 3.79. The highest BCUT2D eigenvalue weighted by atomic mass is 19.1. The Morgan fingerprint density at radius 3 is 2.33 bits per heavy atom. The second-order valence-corrected chi connectivity index (χ2v) is 4.07. The van der Waals surface area contributed by atoms with E-state index in [-0.39, 0.29) is 11.6 Å². The van der Waals surface area contributed by atoms with Crippen LogP contribution in [0.25, 0.3) is 12.2 Å². The summed E-state index contributed by atoms with van der Waals surface area (Å²) in [4.78, 5) is 11.2. The van der Waals surface area contributed by atoms with E-state index < -0.39 is 0 Å². The first-order chi connectivity index (χ1) is 8.65. The lowest BCUT2D eigenvalue weighted by atomic mass is 10.1. The van der Waals surface area contributed by atoms with Gasteiger partial charge in [0.25, 0.3) is 0 Å². The van der Waals surface area contributed by atoms with Crippen LogP contribution in [0.3, 0.4) is 0 Å². The topological polar surface area (TPSA) is 17.1 Å². The second-order valence-electron chi connectivity index (χ2n) is 4.07. The molecule has 0 saturated carbocycles. The maximum Gasteiger partial charge on any atom is 0.159 e. The van der Waals surface area contributed by atoms with Crippen molar-refractivity contribution in [3.8, 4) is 0 Å². The molecule has 0 aliphatic heterocycles. The first-order valence-electron chi connectivity index (χ1n) is 5.70. The molecule has 0 radical (unpaired) electrons. The number of Topliss-reactive ketones (excluding diaryl/α,β-unsaturated/α-hetero) is 1. The molecular weight excluding hydrogens is 227 g/mol. The summed E-state index contributed by atoms with van der Waals surface area (Å²) in [5.74, 6) is -0.197. The van der Waals surface area contributed by atoms with Crippen molar-refractivity contribution >= 4 is 17.9 Å². The van der Waals surface area contributed by atoms with E-state index >= 15 is 0 Å². The normalized spacial score (nSPS) is 10.8. The van der Waals surface area contributed by atoms with Crippen LogP contribution in [-0.2, 0) is 0 Å². The second kappa shape index (κ2) is 5.41. The predicted molar refractivity (Wildman–Crippen MR) is 71.8 cm³/mol. The van der Waals surface area contributed by atoms with Crippen molar-refractivity contribution in [2.24, 2.45) is 0 Å². The zero-order valence-electron chi connectivity index (χ0n) is 10.1. The highest BCUT2D eigenvalue weighted by molar-refractivity contribution is 5.94. The van der Waals surface area contributed by atoms with Crippen molar-refractivity contribution in [3.63, 3.8) is 0 Å². The van der Waals surface area contributed by atoms with Gasteiger partial charge in [0, 0.05) is 5.56 Å². The highest BCUT2D eigenvalue weighted by Gasteiger charge is 1.98. The molecule has 2 heteroatoms. The van der Waals surface area contributed by atoms with E-state index in [0.717, 1.165) is 11.1 Å². The Labute approximate surface area is 106 Å². The Kier molecular flexibility index (Phi) is 3.68. The van der Waals surface area contributed by atoms with Gasteiger partial charge in [0.2, 0.25) is 0 Å². The smallest absolute Gasteiger partial charge is 0.159 e. The van der Waals surface area contributed by atoms with Gasteiger partial charge in [-0.05, 0) is 36.2 Å². The van der Waals surface area contributed by atoms with E-state index in [9.17, 15) is 9.18 Å². The molecule has 1 nitrogen and oxygen atoms in total. The molecule has 2 aromatic rings. The zero-order valence-corrected chi connectivity index (χ0v) is 10.1. The Morgan fingerprint density at radius 1 is 1.00 bits per heavy atom. The standard InChI is InChI=1S/C16H13FO/c1-12(18)15-4-2-3-14(11-15)6-5-13-7-9-16(17)10-8-13/h2-11H,1H3/b6-5-. The van der Waals surface area contributed by atoms with Crippen LogP contribution in [0.2, 0.25) is 0 Å². The molecule has 0 heterocycles. The molecule has 0 atom stereocenters. The Bertz CT molecular complexity index is 582. The van der Waals surface area contributed by atoms with Crippen molar-refractivity contribution < 1.29 is 9.18 Å². The third kappa shape index (κ3) is 3.14. The molecule has 0 aliphatic carbocycles. The van der Waals surface area contributed by atoms with Gasteiger partial charge in [0.1, 0.15) is 5.82 Å². The minimum absolute atomic E-state index is 0.0482. The number of halogens is 1. The van der Waals surface area contributed by atoms with Gasteiger partial charge in [-0.25, -0.2) is 4.39 Å². The van der Waals surface area contributed by atoms with Crippen molar-refractivity contribution in [3.05, 3.63) is 71.0 Å². The van der Waals surface area contributed by atoms with Gasteiger partial charge in [-0.15, -0.1) is 0 Å². The molecule has 0 unspecified atom stereocenters. The van der Waals surface area contributed by atoms with Crippen LogP contribution < -0.4 is 0 Å². The zero-order chi connectivity index (χ0) is 13.0. The maximum absolute atomic E-state index is 12.7. The molecule has 2 aromatic carbocycles. The van der Waals surface area contributed by atoms with Crippen LogP contribution in [0.5, 0.6) is 0 Å². The van der Waals surface area contributed by atoms with Gasteiger partial charge in [-0.3, -0.25) is 4.79 Å². The summed E-state index contributed by atoms with van der Waals surface area (Å²) in [6, 6.07) is 13.7. The van der Waals surface area contributed by atoms with Crippen LogP contribution in [0.15, 0.2) is 48.5 Å². The molecule has 0 saturated heterocycles. The van der Waals surface area contributed by atoms with E-state index in [2.05, 4.69) is 0 Å².